The number of nitrogens with zero attached hydrogens (tertiary/aromatic N) is 3. The third-order valence-corrected chi connectivity index (χ3v) is 5.69. The van der Waals surface area contributed by atoms with Crippen LogP contribution in [-0.4, -0.2) is 26.7 Å². The number of aromatic nitrogens is 2. The van der Waals surface area contributed by atoms with E-state index in [9.17, 15) is 15.2 Å². The van der Waals surface area contributed by atoms with Crippen molar-refractivity contribution in [3.05, 3.63) is 80.6 Å². The van der Waals surface area contributed by atoms with Crippen molar-refractivity contribution in [2.75, 3.05) is 11.9 Å². The zero-order valence-electron chi connectivity index (χ0n) is 16.7. The molecule has 0 aliphatic rings. The van der Waals surface area contributed by atoms with Crippen molar-refractivity contribution in [3.63, 3.8) is 0 Å². The Hall–Kier alpha value is -3.27. The van der Waals surface area contributed by atoms with Gasteiger partial charge >= 0.3 is 0 Å². The number of aliphatic hydroxyl groups is 1. The molecule has 0 saturated carbocycles. The van der Waals surface area contributed by atoms with Crippen LogP contribution in [0.4, 0.5) is 5.69 Å². The van der Waals surface area contributed by atoms with Crippen molar-refractivity contribution >= 4 is 34.0 Å². The van der Waals surface area contributed by atoms with Gasteiger partial charge in [-0.15, -0.1) is 0 Å². The number of para-hydroxylation sites is 2. The van der Waals surface area contributed by atoms with Crippen LogP contribution in [0.25, 0.3) is 16.7 Å². The van der Waals surface area contributed by atoms with Crippen LogP contribution in [0.1, 0.15) is 16.7 Å². The number of hydrogen-bond acceptors (Lipinski definition) is 4. The molecule has 0 unspecified atom stereocenters. The molecule has 6 nitrogen and oxygen atoms in total. The number of rotatable bonds is 5. The third kappa shape index (κ3) is 3.43. The summed E-state index contributed by atoms with van der Waals surface area (Å²) in [5.74, 6) is 0. The molecule has 0 bridgehead atoms. The van der Waals surface area contributed by atoms with Gasteiger partial charge in [-0.05, 0) is 49.2 Å². The smallest absolute Gasteiger partial charge is 0.257 e. The van der Waals surface area contributed by atoms with Crippen LogP contribution in [-0.2, 0) is 6.54 Å². The number of imidazole rings is 1. The Morgan fingerprint density at radius 2 is 1.87 bits per heavy atom. The maximum Gasteiger partial charge on any atom is 0.257 e. The largest absolute Gasteiger partial charge is 0.389 e. The van der Waals surface area contributed by atoms with E-state index < -0.39 is 6.10 Å². The molecule has 0 radical (unpaired) electrons. The fourth-order valence-corrected chi connectivity index (χ4v) is 3.92. The average Bonchev–Trinajstić information content (AvgIpc) is 3.04. The van der Waals surface area contributed by atoms with E-state index in [0.717, 1.165) is 16.8 Å². The summed E-state index contributed by atoms with van der Waals surface area (Å²) in [6.07, 6.45) is -0.758. The molecular formula is C23H21ClN4O2. The van der Waals surface area contributed by atoms with Crippen LogP contribution >= 0.6 is 11.6 Å². The number of pyridine rings is 1. The highest BCUT2D eigenvalue weighted by Crippen LogP contribution is 2.24. The van der Waals surface area contributed by atoms with Gasteiger partial charge < -0.3 is 15.0 Å². The number of aryl methyl sites for hydroxylation is 2. The van der Waals surface area contributed by atoms with Crippen LogP contribution in [0.3, 0.4) is 0 Å². The lowest BCUT2D eigenvalue weighted by Crippen LogP contribution is -2.25. The Morgan fingerprint density at radius 1 is 1.13 bits per heavy atom. The average molecular weight is 421 g/mol. The van der Waals surface area contributed by atoms with E-state index in [2.05, 4.69) is 11.4 Å². The molecule has 0 aliphatic carbocycles. The van der Waals surface area contributed by atoms with Crippen molar-refractivity contribution in [1.29, 1.82) is 5.26 Å². The fraction of sp³-hybridized carbons (Fsp3) is 0.217. The molecule has 30 heavy (non-hydrogen) atoms. The minimum Gasteiger partial charge on any atom is -0.389 e. The van der Waals surface area contributed by atoms with Crippen molar-refractivity contribution in [1.82, 2.24) is 8.97 Å². The van der Waals surface area contributed by atoms with Gasteiger partial charge in [-0.3, -0.25) is 9.20 Å². The Balaban J connectivity index is 1.73. The molecule has 0 fully saturated rings. The lowest BCUT2D eigenvalue weighted by Gasteiger charge is -2.16. The van der Waals surface area contributed by atoms with Gasteiger partial charge in [0.15, 0.2) is 0 Å². The molecule has 2 heterocycles. The number of benzene rings is 2. The van der Waals surface area contributed by atoms with E-state index >= 15 is 0 Å². The molecule has 2 N–H and O–H groups in total. The standard InChI is InChI=1S/C23H21ClN4O2/c1-14-7-8-16(10-19(14)24)26-12-17(29)13-27-20-5-3-4-6-21(20)28-22(30)9-15(2)18(11-25)23(27)28/h3-10,17,26,29H,12-13H2,1-2H3/t17-/m1/s1. The molecule has 2 aromatic heterocycles. The summed E-state index contributed by atoms with van der Waals surface area (Å²) < 4.78 is 3.39. The maximum absolute atomic E-state index is 12.7. The summed E-state index contributed by atoms with van der Waals surface area (Å²) >= 11 is 6.17. The minimum atomic E-state index is -0.758. The lowest BCUT2D eigenvalue weighted by molar-refractivity contribution is 0.169. The van der Waals surface area contributed by atoms with Crippen LogP contribution < -0.4 is 10.9 Å². The molecule has 152 valence electrons. The highest BCUT2D eigenvalue weighted by molar-refractivity contribution is 6.31. The topological polar surface area (TPSA) is 82.5 Å². The number of nitrogens with one attached hydrogen (secondary N) is 1. The zero-order chi connectivity index (χ0) is 21.4. The molecule has 4 rings (SSSR count). The van der Waals surface area contributed by atoms with Crippen molar-refractivity contribution in [2.24, 2.45) is 0 Å². The zero-order valence-corrected chi connectivity index (χ0v) is 17.4. The minimum absolute atomic E-state index is 0.196. The summed E-state index contributed by atoms with van der Waals surface area (Å²) in [5, 5.41) is 24.3. The van der Waals surface area contributed by atoms with E-state index in [4.69, 9.17) is 11.6 Å². The fourth-order valence-electron chi connectivity index (χ4n) is 3.74. The first-order valence-corrected chi connectivity index (χ1v) is 10.00. The van der Waals surface area contributed by atoms with E-state index in [1.54, 1.807) is 11.3 Å². The number of aliphatic hydroxyl groups excluding tert-OH is 1. The van der Waals surface area contributed by atoms with Gasteiger partial charge in [-0.25, -0.2) is 0 Å². The van der Waals surface area contributed by atoms with Gasteiger partial charge in [0.25, 0.3) is 5.56 Å². The van der Waals surface area contributed by atoms with Crippen molar-refractivity contribution in [2.45, 2.75) is 26.5 Å². The van der Waals surface area contributed by atoms with Crippen LogP contribution in [0.2, 0.25) is 5.02 Å². The molecular weight excluding hydrogens is 400 g/mol. The van der Waals surface area contributed by atoms with E-state index in [0.29, 0.717) is 27.3 Å². The predicted octanol–water partition coefficient (Wildman–Crippen LogP) is 3.87. The van der Waals surface area contributed by atoms with Crippen LogP contribution in [0.5, 0.6) is 0 Å². The van der Waals surface area contributed by atoms with Crippen molar-refractivity contribution < 1.29 is 5.11 Å². The Bertz CT molecular complexity index is 1360. The first-order chi connectivity index (χ1) is 14.4. The second-order valence-electron chi connectivity index (χ2n) is 7.41. The SMILES string of the molecule is Cc1ccc(NC[C@@H](O)Cn2c3ccccc3n3c(=O)cc(C)c(C#N)c23)cc1Cl. The molecule has 7 heteroatoms. The van der Waals surface area contributed by atoms with Gasteiger partial charge in [-0.1, -0.05) is 29.8 Å². The number of hydrogen-bond donors (Lipinski definition) is 2. The monoisotopic (exact) mass is 420 g/mol. The second-order valence-corrected chi connectivity index (χ2v) is 7.82. The van der Waals surface area contributed by atoms with E-state index in [-0.39, 0.29) is 18.6 Å². The first kappa shape index (κ1) is 20.0. The second kappa shape index (κ2) is 7.86. The van der Waals surface area contributed by atoms with E-state index in [1.165, 1.54) is 6.07 Å². The predicted molar refractivity (Wildman–Crippen MR) is 119 cm³/mol. The first-order valence-electron chi connectivity index (χ1n) is 9.62. The summed E-state index contributed by atoms with van der Waals surface area (Å²) in [7, 11) is 0. The maximum atomic E-state index is 12.7. The highest BCUT2D eigenvalue weighted by atomic mass is 35.5. The van der Waals surface area contributed by atoms with Crippen molar-refractivity contribution in [3.8, 4) is 6.07 Å². The van der Waals surface area contributed by atoms with Gasteiger partial charge in [-0.2, -0.15) is 5.26 Å². The summed E-state index contributed by atoms with van der Waals surface area (Å²) in [6.45, 7) is 4.19. The van der Waals surface area contributed by atoms with Crippen LogP contribution in [0.15, 0.2) is 53.3 Å². The summed E-state index contributed by atoms with van der Waals surface area (Å²) in [5.41, 5.74) is 4.65. The quantitative estimate of drug-likeness (QED) is 0.513. The van der Waals surface area contributed by atoms with Crippen LogP contribution in [0, 0.1) is 25.2 Å². The highest BCUT2D eigenvalue weighted by Gasteiger charge is 2.19. The molecule has 0 saturated heterocycles. The molecule has 0 aliphatic heterocycles. The molecule has 0 amide bonds. The molecule has 1 atom stereocenters. The van der Waals surface area contributed by atoms with Gasteiger partial charge in [0.05, 0.1) is 29.2 Å². The molecule has 0 spiro atoms. The van der Waals surface area contributed by atoms with E-state index in [1.807, 2.05) is 54.0 Å². The third-order valence-electron chi connectivity index (χ3n) is 5.28. The molecule has 2 aromatic carbocycles. The Morgan fingerprint density at radius 3 is 2.57 bits per heavy atom. The van der Waals surface area contributed by atoms with Gasteiger partial charge in [0.2, 0.25) is 0 Å². The number of nitriles is 1. The summed E-state index contributed by atoms with van der Waals surface area (Å²) in [6, 6.07) is 16.8. The Labute approximate surface area is 178 Å². The van der Waals surface area contributed by atoms with Gasteiger partial charge in [0, 0.05) is 23.3 Å². The molecule has 4 aromatic rings. The number of anilines is 1. The number of fused-ring (bicyclic) bond motifs is 3. The normalized spacial score (nSPS) is 12.2. The lowest BCUT2D eigenvalue weighted by atomic mass is 10.1. The number of halogens is 1. The summed E-state index contributed by atoms with van der Waals surface area (Å²) in [4.78, 5) is 12.7. The Kier molecular flexibility index (Phi) is 5.25. The van der Waals surface area contributed by atoms with Gasteiger partial charge in [0.1, 0.15) is 11.7 Å².